The molecular weight excluding hydrogens is 256 g/mol. The number of rotatable bonds is 5. The minimum atomic E-state index is -0.128. The van der Waals surface area contributed by atoms with Gasteiger partial charge in [-0.15, -0.1) is 0 Å². The minimum absolute atomic E-state index is 0.128. The zero-order valence-electron chi connectivity index (χ0n) is 14.3. The van der Waals surface area contributed by atoms with Crippen molar-refractivity contribution >= 4 is 0 Å². The highest BCUT2D eigenvalue weighted by Crippen LogP contribution is 2.50. The van der Waals surface area contributed by atoms with Crippen molar-refractivity contribution in [3.63, 3.8) is 0 Å². The summed E-state index contributed by atoms with van der Waals surface area (Å²) in [5, 5.41) is 0. The van der Waals surface area contributed by atoms with Gasteiger partial charge in [0, 0.05) is 0 Å². The SMILES string of the molecule is CC(c1cccc([C@H](C)C2CC2)c1OC(C)(C)C)C1CC1. The van der Waals surface area contributed by atoms with Gasteiger partial charge in [-0.1, -0.05) is 32.0 Å². The van der Waals surface area contributed by atoms with E-state index in [1.54, 1.807) is 0 Å². The lowest BCUT2D eigenvalue weighted by atomic mass is 9.88. The molecule has 1 aromatic rings. The van der Waals surface area contributed by atoms with Crippen LogP contribution in [0.5, 0.6) is 5.75 Å². The lowest BCUT2D eigenvalue weighted by Crippen LogP contribution is -2.25. The van der Waals surface area contributed by atoms with Gasteiger partial charge in [0.1, 0.15) is 11.4 Å². The molecule has 2 fully saturated rings. The molecule has 1 heteroatoms. The summed E-state index contributed by atoms with van der Waals surface area (Å²) in [5.41, 5.74) is 2.76. The lowest BCUT2D eigenvalue weighted by molar-refractivity contribution is 0.126. The zero-order valence-corrected chi connectivity index (χ0v) is 14.3. The van der Waals surface area contributed by atoms with Crippen LogP contribution in [-0.2, 0) is 0 Å². The summed E-state index contributed by atoms with van der Waals surface area (Å²) in [5.74, 6) is 4.21. The summed E-state index contributed by atoms with van der Waals surface area (Å²) in [7, 11) is 0. The molecule has 2 atom stereocenters. The number of hydrogen-bond acceptors (Lipinski definition) is 1. The van der Waals surface area contributed by atoms with Gasteiger partial charge in [-0.25, -0.2) is 0 Å². The maximum Gasteiger partial charge on any atom is 0.127 e. The van der Waals surface area contributed by atoms with E-state index in [0.717, 1.165) is 11.8 Å². The fourth-order valence-corrected chi connectivity index (χ4v) is 3.41. The van der Waals surface area contributed by atoms with Crippen LogP contribution < -0.4 is 4.74 Å². The monoisotopic (exact) mass is 286 g/mol. The third kappa shape index (κ3) is 3.44. The van der Waals surface area contributed by atoms with Crippen LogP contribution in [0, 0.1) is 11.8 Å². The molecule has 2 aliphatic rings. The molecule has 0 radical (unpaired) electrons. The molecule has 1 aromatic carbocycles. The van der Waals surface area contributed by atoms with Gasteiger partial charge in [0.25, 0.3) is 0 Å². The molecular formula is C20H30O. The Balaban J connectivity index is 1.99. The normalized spacial score (nSPS) is 22.0. The number of hydrogen-bond donors (Lipinski definition) is 0. The fraction of sp³-hybridized carbons (Fsp3) is 0.700. The van der Waals surface area contributed by atoms with Crippen LogP contribution in [-0.4, -0.2) is 5.60 Å². The zero-order chi connectivity index (χ0) is 15.2. The van der Waals surface area contributed by atoms with E-state index in [0.29, 0.717) is 11.8 Å². The minimum Gasteiger partial charge on any atom is -0.488 e. The average molecular weight is 286 g/mol. The van der Waals surface area contributed by atoms with Gasteiger partial charge in [-0.2, -0.15) is 0 Å². The van der Waals surface area contributed by atoms with Crippen molar-refractivity contribution in [2.75, 3.05) is 0 Å². The molecule has 0 aliphatic heterocycles. The van der Waals surface area contributed by atoms with Gasteiger partial charge in [0.2, 0.25) is 0 Å². The van der Waals surface area contributed by atoms with E-state index in [9.17, 15) is 0 Å². The van der Waals surface area contributed by atoms with E-state index in [2.05, 4.69) is 52.8 Å². The van der Waals surface area contributed by atoms with Crippen molar-refractivity contribution in [1.82, 2.24) is 0 Å². The van der Waals surface area contributed by atoms with Crippen LogP contribution in [0.25, 0.3) is 0 Å². The predicted octanol–water partition coefficient (Wildman–Crippen LogP) is 5.89. The molecule has 0 saturated heterocycles. The number of benzene rings is 1. The highest BCUT2D eigenvalue weighted by Gasteiger charge is 2.35. The van der Waals surface area contributed by atoms with Gasteiger partial charge in [-0.3, -0.25) is 0 Å². The van der Waals surface area contributed by atoms with Crippen molar-refractivity contribution in [2.24, 2.45) is 11.8 Å². The van der Waals surface area contributed by atoms with Crippen molar-refractivity contribution in [2.45, 2.75) is 77.7 Å². The molecule has 116 valence electrons. The van der Waals surface area contributed by atoms with Crippen LogP contribution in [0.3, 0.4) is 0 Å². The fourth-order valence-electron chi connectivity index (χ4n) is 3.41. The Labute approximate surface area is 130 Å². The maximum atomic E-state index is 6.46. The summed E-state index contributed by atoms with van der Waals surface area (Å²) in [6, 6.07) is 6.85. The first-order valence-electron chi connectivity index (χ1n) is 8.68. The Hall–Kier alpha value is -0.980. The Morgan fingerprint density at radius 3 is 1.67 bits per heavy atom. The number of para-hydroxylation sites is 1. The summed E-state index contributed by atoms with van der Waals surface area (Å²) in [4.78, 5) is 0. The van der Waals surface area contributed by atoms with Gasteiger partial charge >= 0.3 is 0 Å². The standard InChI is InChI=1S/C20H30O/c1-13(15-9-10-15)17-7-6-8-18(14(2)16-11-12-16)19(17)21-20(3,4)5/h6-8,13-16H,9-12H2,1-5H3/t13-,14?/m1/s1. The van der Waals surface area contributed by atoms with E-state index in [1.807, 2.05) is 0 Å². The molecule has 2 saturated carbocycles. The second-order valence-corrected chi connectivity index (χ2v) is 8.23. The van der Waals surface area contributed by atoms with Crippen molar-refractivity contribution in [1.29, 1.82) is 0 Å². The Bertz CT molecular complexity index is 467. The Morgan fingerprint density at radius 2 is 1.33 bits per heavy atom. The van der Waals surface area contributed by atoms with E-state index >= 15 is 0 Å². The summed E-state index contributed by atoms with van der Waals surface area (Å²) in [6.07, 6.45) is 5.55. The van der Waals surface area contributed by atoms with E-state index < -0.39 is 0 Å². The van der Waals surface area contributed by atoms with Crippen LogP contribution in [0.2, 0.25) is 0 Å². The van der Waals surface area contributed by atoms with Gasteiger partial charge in [0.05, 0.1) is 0 Å². The third-order valence-electron chi connectivity index (χ3n) is 5.12. The van der Waals surface area contributed by atoms with Crippen LogP contribution in [0.4, 0.5) is 0 Å². The molecule has 0 bridgehead atoms. The van der Waals surface area contributed by atoms with Crippen LogP contribution >= 0.6 is 0 Å². The molecule has 0 N–H and O–H groups in total. The van der Waals surface area contributed by atoms with Crippen molar-refractivity contribution in [3.05, 3.63) is 29.3 Å². The molecule has 21 heavy (non-hydrogen) atoms. The maximum absolute atomic E-state index is 6.46. The van der Waals surface area contributed by atoms with E-state index in [1.165, 1.54) is 42.6 Å². The highest BCUT2D eigenvalue weighted by atomic mass is 16.5. The molecule has 3 rings (SSSR count). The average Bonchev–Trinajstić information content (AvgIpc) is 3.28. The first-order valence-corrected chi connectivity index (χ1v) is 8.68. The second kappa shape index (κ2) is 5.34. The second-order valence-electron chi connectivity index (χ2n) is 8.23. The summed E-state index contributed by atoms with van der Waals surface area (Å²) in [6.45, 7) is 11.3. The molecule has 0 amide bonds. The third-order valence-corrected chi connectivity index (χ3v) is 5.12. The summed E-state index contributed by atoms with van der Waals surface area (Å²) >= 11 is 0. The molecule has 0 aromatic heterocycles. The largest absolute Gasteiger partial charge is 0.488 e. The van der Waals surface area contributed by atoms with Gasteiger partial charge in [0.15, 0.2) is 0 Å². The van der Waals surface area contributed by atoms with Crippen molar-refractivity contribution in [3.8, 4) is 5.75 Å². The van der Waals surface area contributed by atoms with Crippen LogP contribution in [0.15, 0.2) is 18.2 Å². The first-order chi connectivity index (χ1) is 9.87. The molecule has 0 heterocycles. The first kappa shape index (κ1) is 14.9. The quantitative estimate of drug-likeness (QED) is 0.655. The molecule has 1 nitrogen and oxygen atoms in total. The Kier molecular flexibility index (Phi) is 3.80. The molecule has 1 unspecified atom stereocenters. The van der Waals surface area contributed by atoms with E-state index in [-0.39, 0.29) is 5.60 Å². The summed E-state index contributed by atoms with van der Waals surface area (Å²) < 4.78 is 6.46. The van der Waals surface area contributed by atoms with Crippen LogP contribution in [0.1, 0.15) is 83.3 Å². The van der Waals surface area contributed by atoms with Gasteiger partial charge in [-0.05, 0) is 81.3 Å². The number of ether oxygens (including phenoxy) is 1. The predicted molar refractivity (Wildman–Crippen MR) is 89.1 cm³/mol. The molecule has 0 spiro atoms. The smallest absolute Gasteiger partial charge is 0.127 e. The van der Waals surface area contributed by atoms with Crippen molar-refractivity contribution < 1.29 is 4.74 Å². The topological polar surface area (TPSA) is 9.23 Å². The highest BCUT2D eigenvalue weighted by molar-refractivity contribution is 5.46. The lowest BCUT2D eigenvalue weighted by Gasteiger charge is -2.29. The molecule has 2 aliphatic carbocycles. The Morgan fingerprint density at radius 1 is 0.905 bits per heavy atom. The van der Waals surface area contributed by atoms with Gasteiger partial charge < -0.3 is 4.74 Å². The van der Waals surface area contributed by atoms with E-state index in [4.69, 9.17) is 4.74 Å².